The minimum atomic E-state index is -0.781. The van der Waals surface area contributed by atoms with Crippen LogP contribution >= 0.6 is 0 Å². The lowest BCUT2D eigenvalue weighted by molar-refractivity contribution is -0.152. The maximum atomic E-state index is 11.7. The molecule has 0 bridgehead atoms. The molecule has 0 aromatic carbocycles. The second-order valence-electron chi connectivity index (χ2n) is 5.23. The van der Waals surface area contributed by atoms with Crippen LogP contribution in [-0.4, -0.2) is 25.3 Å². The number of hydrogen-bond acceptors (Lipinski definition) is 5. The van der Waals surface area contributed by atoms with Gasteiger partial charge >= 0.3 is 11.9 Å². The van der Waals surface area contributed by atoms with Crippen LogP contribution in [0.4, 0.5) is 0 Å². The Kier molecular flexibility index (Phi) is 5.20. The third-order valence-electron chi connectivity index (χ3n) is 3.63. The molecule has 1 atom stereocenters. The first-order valence-electron chi connectivity index (χ1n) is 7.11. The second kappa shape index (κ2) is 7.11. The molecule has 0 aromatic heterocycles. The van der Waals surface area contributed by atoms with Gasteiger partial charge in [-0.3, -0.25) is 0 Å². The zero-order valence-corrected chi connectivity index (χ0v) is 12.3. The van der Waals surface area contributed by atoms with Crippen LogP contribution in [0.2, 0.25) is 0 Å². The van der Waals surface area contributed by atoms with E-state index in [1.54, 1.807) is 19.1 Å². The van der Waals surface area contributed by atoms with E-state index in [1.807, 2.05) is 6.08 Å². The fraction of sp³-hybridized carbons (Fsp3) is 0.500. The average Bonchev–Trinajstić information content (AvgIpc) is 3.09. The lowest BCUT2D eigenvalue weighted by Gasteiger charge is -2.09. The first-order valence-corrected chi connectivity index (χ1v) is 7.11. The summed E-state index contributed by atoms with van der Waals surface area (Å²) in [6, 6.07) is 0. The maximum Gasteiger partial charge on any atom is 0.340 e. The van der Waals surface area contributed by atoms with Gasteiger partial charge < -0.3 is 14.2 Å². The molecule has 114 valence electrons. The summed E-state index contributed by atoms with van der Waals surface area (Å²) >= 11 is 0. The van der Waals surface area contributed by atoms with Gasteiger partial charge in [-0.2, -0.15) is 0 Å². The predicted molar refractivity (Wildman–Crippen MR) is 75.9 cm³/mol. The number of cyclic esters (lactones) is 1. The molecule has 1 aliphatic heterocycles. The highest BCUT2D eigenvalue weighted by atomic mass is 16.7. The molecule has 0 radical (unpaired) electrons. The minimum absolute atomic E-state index is 0.304. The van der Waals surface area contributed by atoms with Gasteiger partial charge in [0.15, 0.2) is 0 Å². The molecule has 1 aliphatic carbocycles. The van der Waals surface area contributed by atoms with E-state index in [2.05, 4.69) is 0 Å². The largest absolute Gasteiger partial charge is 0.465 e. The summed E-state index contributed by atoms with van der Waals surface area (Å²) in [5.74, 6) is -0.381. The van der Waals surface area contributed by atoms with E-state index in [-0.39, 0.29) is 0 Å². The molecule has 0 N–H and O–H groups in total. The van der Waals surface area contributed by atoms with Gasteiger partial charge in [0.05, 0.1) is 12.7 Å². The van der Waals surface area contributed by atoms with Crippen LogP contribution in [0.15, 0.2) is 35.6 Å². The molecule has 2 rings (SSSR count). The van der Waals surface area contributed by atoms with Gasteiger partial charge in [0.2, 0.25) is 0 Å². The summed E-state index contributed by atoms with van der Waals surface area (Å²) in [5, 5.41) is 0. The van der Waals surface area contributed by atoms with Crippen LogP contribution in [0.3, 0.4) is 0 Å². The van der Waals surface area contributed by atoms with Gasteiger partial charge in [-0.15, -0.1) is 0 Å². The summed E-state index contributed by atoms with van der Waals surface area (Å²) in [4.78, 5) is 22.9. The molecule has 0 saturated heterocycles. The predicted octanol–water partition coefficient (Wildman–Crippen LogP) is 2.64. The minimum Gasteiger partial charge on any atom is -0.465 e. The fourth-order valence-corrected chi connectivity index (χ4v) is 2.37. The van der Waals surface area contributed by atoms with E-state index < -0.39 is 18.2 Å². The molecule has 21 heavy (non-hydrogen) atoms. The molecule has 5 nitrogen and oxygen atoms in total. The Bertz CT molecular complexity index is 495. The van der Waals surface area contributed by atoms with Crippen LogP contribution in [0, 0.1) is 5.92 Å². The monoisotopic (exact) mass is 292 g/mol. The SMILES string of the molecule is COC(=O)C(=COC1C=C(C)C(=O)O1)/C=C/C1CCCC1. The van der Waals surface area contributed by atoms with Crippen LogP contribution in [-0.2, 0) is 23.8 Å². The van der Waals surface area contributed by atoms with E-state index in [0.29, 0.717) is 17.1 Å². The normalized spacial score (nSPS) is 23.3. The van der Waals surface area contributed by atoms with Crippen LogP contribution in [0.25, 0.3) is 0 Å². The van der Waals surface area contributed by atoms with Crippen molar-refractivity contribution in [3.63, 3.8) is 0 Å². The number of carbonyl (C=O) groups is 2. The first kappa shape index (κ1) is 15.4. The third-order valence-corrected chi connectivity index (χ3v) is 3.63. The van der Waals surface area contributed by atoms with Gasteiger partial charge in [0.25, 0.3) is 6.29 Å². The Balaban J connectivity index is 2.00. The molecule has 1 heterocycles. The zero-order chi connectivity index (χ0) is 15.2. The highest BCUT2D eigenvalue weighted by Crippen LogP contribution is 2.26. The van der Waals surface area contributed by atoms with Gasteiger partial charge in [-0.05, 0) is 31.8 Å². The van der Waals surface area contributed by atoms with E-state index in [1.165, 1.54) is 26.2 Å². The summed E-state index contributed by atoms with van der Waals surface area (Å²) < 4.78 is 15.0. The standard InChI is InChI=1S/C16H20O5/c1-11-9-14(21-15(11)17)20-10-13(16(18)19-2)8-7-12-5-3-4-6-12/h7-10,12,14H,3-6H2,1-2H3/b8-7+,13-10?. The summed E-state index contributed by atoms with van der Waals surface area (Å²) in [5.41, 5.74) is 0.799. The molecule has 0 amide bonds. The summed E-state index contributed by atoms with van der Waals surface area (Å²) in [6.45, 7) is 1.65. The van der Waals surface area contributed by atoms with Crippen molar-refractivity contribution in [1.29, 1.82) is 0 Å². The van der Waals surface area contributed by atoms with E-state index in [4.69, 9.17) is 14.2 Å². The average molecular weight is 292 g/mol. The Morgan fingerprint density at radius 2 is 2.10 bits per heavy atom. The van der Waals surface area contributed by atoms with Crippen molar-refractivity contribution in [3.8, 4) is 0 Å². The molecular weight excluding hydrogens is 272 g/mol. The van der Waals surface area contributed by atoms with E-state index in [0.717, 1.165) is 12.8 Å². The Morgan fingerprint density at radius 3 is 2.67 bits per heavy atom. The highest BCUT2D eigenvalue weighted by Gasteiger charge is 2.23. The zero-order valence-electron chi connectivity index (χ0n) is 12.3. The lowest BCUT2D eigenvalue weighted by atomic mass is 10.1. The highest BCUT2D eigenvalue weighted by molar-refractivity contribution is 5.91. The number of carbonyl (C=O) groups excluding carboxylic acids is 2. The van der Waals surface area contributed by atoms with Crippen molar-refractivity contribution in [2.45, 2.75) is 38.9 Å². The fourth-order valence-electron chi connectivity index (χ4n) is 2.37. The second-order valence-corrected chi connectivity index (χ2v) is 5.23. The van der Waals surface area contributed by atoms with Gasteiger partial charge in [0.1, 0.15) is 6.26 Å². The smallest absolute Gasteiger partial charge is 0.340 e. The van der Waals surface area contributed by atoms with Crippen molar-refractivity contribution >= 4 is 11.9 Å². The van der Waals surface area contributed by atoms with Gasteiger partial charge in [-0.25, -0.2) is 9.59 Å². The van der Waals surface area contributed by atoms with Crippen molar-refractivity contribution < 1.29 is 23.8 Å². The lowest BCUT2D eigenvalue weighted by Crippen LogP contribution is -2.11. The Hall–Kier alpha value is -2.04. The van der Waals surface area contributed by atoms with Crippen LogP contribution in [0.1, 0.15) is 32.6 Å². The number of hydrogen-bond donors (Lipinski definition) is 0. The Labute approximate surface area is 124 Å². The molecule has 1 unspecified atom stereocenters. The first-order chi connectivity index (χ1) is 10.1. The van der Waals surface area contributed by atoms with Crippen molar-refractivity contribution in [3.05, 3.63) is 35.6 Å². The van der Waals surface area contributed by atoms with Crippen molar-refractivity contribution in [1.82, 2.24) is 0 Å². The number of esters is 2. The Morgan fingerprint density at radius 1 is 1.38 bits per heavy atom. The molecule has 0 aromatic rings. The third kappa shape index (κ3) is 4.21. The molecule has 2 aliphatic rings. The van der Waals surface area contributed by atoms with Crippen LogP contribution in [0.5, 0.6) is 0 Å². The summed E-state index contributed by atoms with van der Waals surface area (Å²) in [7, 11) is 1.32. The number of rotatable bonds is 5. The summed E-state index contributed by atoms with van der Waals surface area (Å²) in [6.07, 6.45) is 10.5. The van der Waals surface area contributed by atoms with Crippen molar-refractivity contribution in [2.24, 2.45) is 5.92 Å². The molecule has 5 heteroatoms. The quantitative estimate of drug-likeness (QED) is 0.337. The topological polar surface area (TPSA) is 61.8 Å². The van der Waals surface area contributed by atoms with Gasteiger partial charge in [0, 0.05) is 11.6 Å². The van der Waals surface area contributed by atoms with Gasteiger partial charge in [-0.1, -0.05) is 18.9 Å². The number of ether oxygens (including phenoxy) is 3. The number of allylic oxidation sites excluding steroid dienone is 1. The molecule has 1 fully saturated rings. The molecule has 1 saturated carbocycles. The van der Waals surface area contributed by atoms with Crippen LogP contribution < -0.4 is 0 Å². The van der Waals surface area contributed by atoms with E-state index >= 15 is 0 Å². The van der Waals surface area contributed by atoms with Crippen molar-refractivity contribution in [2.75, 3.05) is 7.11 Å². The molecule has 0 spiro atoms. The number of methoxy groups -OCH3 is 1. The van der Waals surface area contributed by atoms with E-state index in [9.17, 15) is 9.59 Å². The maximum absolute atomic E-state index is 11.7. The molecular formula is C16H20O5.